The predicted molar refractivity (Wildman–Crippen MR) is 100 cm³/mol. The summed E-state index contributed by atoms with van der Waals surface area (Å²) in [4.78, 5) is 0. The van der Waals surface area contributed by atoms with E-state index < -0.39 is 0 Å². The van der Waals surface area contributed by atoms with E-state index in [-0.39, 0.29) is 0 Å². The maximum atomic E-state index is 3.56. The summed E-state index contributed by atoms with van der Waals surface area (Å²) < 4.78 is 1.17. The molecule has 1 fully saturated rings. The Morgan fingerprint density at radius 3 is 2.41 bits per heavy atom. The van der Waals surface area contributed by atoms with Gasteiger partial charge in [-0.05, 0) is 66.0 Å². The van der Waals surface area contributed by atoms with Crippen LogP contribution in [0.5, 0.6) is 0 Å². The van der Waals surface area contributed by atoms with E-state index in [0.717, 1.165) is 11.8 Å². The fraction of sp³-hybridized carbons (Fsp3) is 0.524. The lowest BCUT2D eigenvalue weighted by atomic mass is 9.77. The van der Waals surface area contributed by atoms with Crippen molar-refractivity contribution in [3.63, 3.8) is 0 Å². The Bertz CT molecular complexity index is 608. The van der Waals surface area contributed by atoms with E-state index >= 15 is 0 Å². The van der Waals surface area contributed by atoms with Crippen molar-refractivity contribution < 1.29 is 0 Å². The molecule has 3 rings (SSSR count). The summed E-state index contributed by atoms with van der Waals surface area (Å²) in [6, 6.07) is 13.7. The Balaban J connectivity index is 1.62. The largest absolute Gasteiger partial charge is 0.0654 e. The van der Waals surface area contributed by atoms with Gasteiger partial charge in [0.15, 0.2) is 0 Å². The number of hydrogen-bond acceptors (Lipinski definition) is 0. The second-order valence-corrected chi connectivity index (χ2v) is 7.88. The summed E-state index contributed by atoms with van der Waals surface area (Å²) in [5.74, 6) is 1.79. The Hall–Kier alpha value is -0.820. The first kappa shape index (κ1) is 16.1. The summed E-state index contributed by atoms with van der Waals surface area (Å²) in [7, 11) is 0. The maximum absolute atomic E-state index is 3.56. The average molecular weight is 359 g/mol. The molecule has 22 heavy (non-hydrogen) atoms. The number of fused-ring (bicyclic) bond motifs is 1. The van der Waals surface area contributed by atoms with Gasteiger partial charge in [0.1, 0.15) is 0 Å². The van der Waals surface area contributed by atoms with E-state index in [9.17, 15) is 0 Å². The van der Waals surface area contributed by atoms with Crippen molar-refractivity contribution in [3.8, 4) is 0 Å². The molecule has 0 heterocycles. The first-order valence-corrected chi connectivity index (χ1v) is 9.75. The molecule has 118 valence electrons. The third-order valence-electron chi connectivity index (χ3n) is 5.36. The van der Waals surface area contributed by atoms with Gasteiger partial charge in [-0.15, -0.1) is 0 Å². The normalized spacial score (nSPS) is 22.1. The summed E-state index contributed by atoms with van der Waals surface area (Å²) in [5.41, 5.74) is 1.56. The van der Waals surface area contributed by atoms with Crippen LogP contribution in [0.4, 0.5) is 0 Å². The third kappa shape index (κ3) is 3.93. The number of rotatable bonds is 5. The Kier molecular flexibility index (Phi) is 5.57. The lowest BCUT2D eigenvalue weighted by Gasteiger charge is -2.29. The van der Waals surface area contributed by atoms with Crippen LogP contribution in [0, 0.1) is 5.92 Å². The molecule has 1 aliphatic rings. The van der Waals surface area contributed by atoms with Crippen LogP contribution in [0.3, 0.4) is 0 Å². The first-order chi connectivity index (χ1) is 10.8. The van der Waals surface area contributed by atoms with E-state index in [1.165, 1.54) is 66.6 Å². The van der Waals surface area contributed by atoms with Crippen molar-refractivity contribution in [1.29, 1.82) is 0 Å². The van der Waals surface area contributed by atoms with Crippen LogP contribution in [0.15, 0.2) is 40.9 Å². The van der Waals surface area contributed by atoms with E-state index in [2.05, 4.69) is 59.3 Å². The van der Waals surface area contributed by atoms with Gasteiger partial charge < -0.3 is 0 Å². The maximum Gasteiger partial charge on any atom is 0.0181 e. The van der Waals surface area contributed by atoms with Gasteiger partial charge in [0.25, 0.3) is 0 Å². The molecule has 0 N–H and O–H groups in total. The second-order valence-electron chi connectivity index (χ2n) is 6.96. The van der Waals surface area contributed by atoms with E-state index in [1.807, 2.05) is 0 Å². The standard InChI is InChI=1S/C21H27Br/c1-2-3-4-5-16-6-8-17(9-7-16)18-10-11-20-15-21(22)13-12-19(20)14-18/h10-17H,2-9H2,1H3. The zero-order valence-electron chi connectivity index (χ0n) is 13.7. The highest BCUT2D eigenvalue weighted by Crippen LogP contribution is 2.38. The quantitative estimate of drug-likeness (QED) is 0.486. The summed E-state index contributed by atoms with van der Waals surface area (Å²) in [5, 5.41) is 2.72. The topological polar surface area (TPSA) is 0 Å². The zero-order chi connectivity index (χ0) is 15.4. The Labute approximate surface area is 143 Å². The lowest BCUT2D eigenvalue weighted by molar-refractivity contribution is 0.303. The average Bonchev–Trinajstić information content (AvgIpc) is 2.55. The number of hydrogen-bond donors (Lipinski definition) is 0. The third-order valence-corrected chi connectivity index (χ3v) is 5.85. The van der Waals surface area contributed by atoms with E-state index in [4.69, 9.17) is 0 Å². The molecule has 0 amide bonds. The van der Waals surface area contributed by atoms with Crippen molar-refractivity contribution in [2.24, 2.45) is 5.92 Å². The summed E-state index contributed by atoms with van der Waals surface area (Å²) in [6.07, 6.45) is 11.3. The monoisotopic (exact) mass is 358 g/mol. The molecule has 0 unspecified atom stereocenters. The van der Waals surface area contributed by atoms with Crippen molar-refractivity contribution in [2.75, 3.05) is 0 Å². The highest BCUT2D eigenvalue weighted by molar-refractivity contribution is 9.10. The molecular weight excluding hydrogens is 332 g/mol. The van der Waals surface area contributed by atoms with Crippen LogP contribution in [0.2, 0.25) is 0 Å². The molecule has 0 spiro atoms. The predicted octanol–water partition coefficient (Wildman–Crippen LogP) is 7.46. The van der Waals surface area contributed by atoms with Crippen LogP contribution in [0.25, 0.3) is 10.8 Å². The van der Waals surface area contributed by atoms with Gasteiger partial charge in [0.05, 0.1) is 0 Å². The second kappa shape index (κ2) is 7.64. The van der Waals surface area contributed by atoms with E-state index in [0.29, 0.717) is 0 Å². The van der Waals surface area contributed by atoms with Crippen LogP contribution < -0.4 is 0 Å². The van der Waals surface area contributed by atoms with E-state index in [1.54, 1.807) is 5.56 Å². The molecule has 0 saturated heterocycles. The molecule has 0 aromatic heterocycles. The van der Waals surface area contributed by atoms with Crippen LogP contribution >= 0.6 is 15.9 Å². The molecule has 2 aromatic rings. The van der Waals surface area contributed by atoms with Gasteiger partial charge in [-0.25, -0.2) is 0 Å². The number of benzene rings is 2. The molecule has 2 aromatic carbocycles. The SMILES string of the molecule is CCCCCC1CCC(c2ccc3cc(Br)ccc3c2)CC1. The number of unbranched alkanes of at least 4 members (excludes halogenated alkanes) is 2. The van der Waals surface area contributed by atoms with Crippen molar-refractivity contribution in [1.82, 2.24) is 0 Å². The Morgan fingerprint density at radius 1 is 0.909 bits per heavy atom. The molecule has 1 aliphatic carbocycles. The minimum Gasteiger partial charge on any atom is -0.0654 e. The van der Waals surface area contributed by atoms with Gasteiger partial charge >= 0.3 is 0 Å². The van der Waals surface area contributed by atoms with Crippen molar-refractivity contribution in [2.45, 2.75) is 64.2 Å². The fourth-order valence-corrected chi connectivity index (χ4v) is 4.34. The molecule has 0 aliphatic heterocycles. The number of halogens is 1. The molecule has 0 radical (unpaired) electrons. The van der Waals surface area contributed by atoms with Crippen LogP contribution in [-0.4, -0.2) is 0 Å². The van der Waals surface area contributed by atoms with Crippen LogP contribution in [-0.2, 0) is 0 Å². The lowest BCUT2D eigenvalue weighted by Crippen LogP contribution is -2.13. The van der Waals surface area contributed by atoms with Gasteiger partial charge in [-0.1, -0.05) is 72.8 Å². The van der Waals surface area contributed by atoms with Gasteiger partial charge in [-0.3, -0.25) is 0 Å². The van der Waals surface area contributed by atoms with Crippen molar-refractivity contribution >= 4 is 26.7 Å². The van der Waals surface area contributed by atoms with Crippen molar-refractivity contribution in [3.05, 3.63) is 46.4 Å². The zero-order valence-corrected chi connectivity index (χ0v) is 15.2. The minimum absolute atomic E-state index is 0.787. The summed E-state index contributed by atoms with van der Waals surface area (Å²) >= 11 is 3.56. The molecule has 1 heteroatoms. The van der Waals surface area contributed by atoms with Gasteiger partial charge in [-0.2, -0.15) is 0 Å². The van der Waals surface area contributed by atoms with Crippen LogP contribution in [0.1, 0.15) is 69.8 Å². The Morgan fingerprint density at radius 2 is 1.64 bits per heavy atom. The van der Waals surface area contributed by atoms with Gasteiger partial charge in [0.2, 0.25) is 0 Å². The molecule has 0 atom stereocenters. The highest BCUT2D eigenvalue weighted by Gasteiger charge is 2.22. The minimum atomic E-state index is 0.787. The molecule has 0 bridgehead atoms. The summed E-state index contributed by atoms with van der Waals surface area (Å²) in [6.45, 7) is 2.30. The molecular formula is C21H27Br. The molecule has 0 nitrogen and oxygen atoms in total. The van der Waals surface area contributed by atoms with Gasteiger partial charge in [0, 0.05) is 4.47 Å². The fourth-order valence-electron chi connectivity index (χ4n) is 3.96. The first-order valence-electron chi connectivity index (χ1n) is 8.95. The highest BCUT2D eigenvalue weighted by atomic mass is 79.9. The molecule has 1 saturated carbocycles. The smallest absolute Gasteiger partial charge is 0.0181 e.